The van der Waals surface area contributed by atoms with Gasteiger partial charge in [-0.25, -0.2) is 4.98 Å². The lowest BCUT2D eigenvalue weighted by atomic mass is 10.2. The van der Waals surface area contributed by atoms with Crippen LogP contribution in [0.3, 0.4) is 0 Å². The molecule has 80 valence electrons. The third-order valence-electron chi connectivity index (χ3n) is 2.10. The van der Waals surface area contributed by atoms with Crippen LogP contribution in [0, 0.1) is 5.92 Å². The summed E-state index contributed by atoms with van der Waals surface area (Å²) in [7, 11) is 0. The van der Waals surface area contributed by atoms with Gasteiger partial charge in [0, 0.05) is 18.9 Å². The largest absolute Gasteiger partial charge is 0.337 e. The molecule has 0 aromatic carbocycles. The fourth-order valence-electron chi connectivity index (χ4n) is 1.19. The van der Waals surface area contributed by atoms with Crippen LogP contribution in [0.5, 0.6) is 0 Å². The average molecular weight is 212 g/mol. The zero-order valence-corrected chi connectivity index (χ0v) is 9.96. The number of nitrogens with zero attached hydrogens (tertiary/aromatic N) is 2. The highest BCUT2D eigenvalue weighted by atomic mass is 32.2. The van der Waals surface area contributed by atoms with Crippen LogP contribution >= 0.6 is 11.8 Å². The summed E-state index contributed by atoms with van der Waals surface area (Å²) in [6.45, 7) is 5.67. The highest BCUT2D eigenvalue weighted by Gasteiger charge is 1.95. The summed E-state index contributed by atoms with van der Waals surface area (Å²) in [6, 6.07) is 0. The molecule has 0 amide bonds. The summed E-state index contributed by atoms with van der Waals surface area (Å²) < 4.78 is 2.14. The molecule has 0 unspecified atom stereocenters. The minimum absolute atomic E-state index is 0.844. The second kappa shape index (κ2) is 6.93. The van der Waals surface area contributed by atoms with Gasteiger partial charge in [-0.3, -0.25) is 0 Å². The summed E-state index contributed by atoms with van der Waals surface area (Å²) in [5, 5.41) is 0. The van der Waals surface area contributed by atoms with E-state index in [0.29, 0.717) is 0 Å². The average Bonchev–Trinajstić information content (AvgIpc) is 2.63. The Hall–Kier alpha value is -0.440. The summed E-state index contributed by atoms with van der Waals surface area (Å²) in [6.07, 6.45) is 8.35. The molecule has 0 atom stereocenters. The molecule has 1 aromatic heterocycles. The molecule has 14 heavy (non-hydrogen) atoms. The predicted octanol–water partition coefficient (Wildman–Crippen LogP) is 3.05. The van der Waals surface area contributed by atoms with Crippen LogP contribution in [0.4, 0.5) is 0 Å². The SMILES string of the molecule is CC(C)CCSCCCn1ccnc1. The van der Waals surface area contributed by atoms with E-state index in [-0.39, 0.29) is 0 Å². The Morgan fingerprint density at radius 2 is 2.21 bits per heavy atom. The van der Waals surface area contributed by atoms with Gasteiger partial charge in [0.25, 0.3) is 0 Å². The van der Waals surface area contributed by atoms with Crippen molar-refractivity contribution in [1.29, 1.82) is 0 Å². The first-order valence-electron chi connectivity index (χ1n) is 5.32. The molecule has 0 N–H and O–H groups in total. The lowest BCUT2D eigenvalue weighted by molar-refractivity contribution is 0.631. The molecule has 0 radical (unpaired) electrons. The van der Waals surface area contributed by atoms with Crippen molar-refractivity contribution in [2.45, 2.75) is 33.2 Å². The molecule has 0 spiro atoms. The number of imidazole rings is 1. The van der Waals surface area contributed by atoms with Gasteiger partial charge in [0.15, 0.2) is 0 Å². The van der Waals surface area contributed by atoms with E-state index in [1.54, 1.807) is 0 Å². The van der Waals surface area contributed by atoms with Crippen molar-refractivity contribution in [1.82, 2.24) is 9.55 Å². The standard InChI is InChI=1S/C11H20N2S/c1-11(2)4-9-14-8-3-6-13-7-5-12-10-13/h5,7,10-11H,3-4,6,8-9H2,1-2H3. The molecule has 3 heteroatoms. The van der Waals surface area contributed by atoms with E-state index < -0.39 is 0 Å². The Morgan fingerprint density at radius 1 is 1.36 bits per heavy atom. The molecule has 0 aliphatic carbocycles. The highest BCUT2D eigenvalue weighted by molar-refractivity contribution is 7.99. The molecule has 0 bridgehead atoms. The van der Waals surface area contributed by atoms with Gasteiger partial charge in [0.05, 0.1) is 6.33 Å². The van der Waals surface area contributed by atoms with Gasteiger partial charge in [0.2, 0.25) is 0 Å². The van der Waals surface area contributed by atoms with Crippen molar-refractivity contribution in [3.8, 4) is 0 Å². The van der Waals surface area contributed by atoms with Gasteiger partial charge in [0.1, 0.15) is 0 Å². The minimum Gasteiger partial charge on any atom is -0.337 e. The second-order valence-electron chi connectivity index (χ2n) is 3.95. The zero-order valence-electron chi connectivity index (χ0n) is 9.15. The van der Waals surface area contributed by atoms with E-state index in [1.165, 1.54) is 24.3 Å². The Balaban J connectivity index is 1.90. The van der Waals surface area contributed by atoms with Gasteiger partial charge in [-0.2, -0.15) is 11.8 Å². The van der Waals surface area contributed by atoms with Gasteiger partial charge < -0.3 is 4.57 Å². The first kappa shape index (κ1) is 11.6. The predicted molar refractivity (Wildman–Crippen MR) is 63.6 cm³/mol. The van der Waals surface area contributed by atoms with Crippen molar-refractivity contribution >= 4 is 11.8 Å². The minimum atomic E-state index is 0.844. The Bertz CT molecular complexity index is 219. The maximum Gasteiger partial charge on any atom is 0.0945 e. The lowest BCUT2D eigenvalue weighted by Crippen LogP contribution is -1.97. The first-order chi connectivity index (χ1) is 6.79. The fourth-order valence-corrected chi connectivity index (χ4v) is 2.36. The molecule has 0 aliphatic rings. The first-order valence-corrected chi connectivity index (χ1v) is 6.48. The number of aromatic nitrogens is 2. The smallest absolute Gasteiger partial charge is 0.0945 e. The molecular formula is C11H20N2S. The maximum absolute atomic E-state index is 4.02. The molecule has 0 saturated heterocycles. The summed E-state index contributed by atoms with van der Waals surface area (Å²) in [5.74, 6) is 3.42. The van der Waals surface area contributed by atoms with Crippen LogP contribution in [0.15, 0.2) is 18.7 Å². The van der Waals surface area contributed by atoms with Crippen molar-refractivity contribution in [3.63, 3.8) is 0 Å². The van der Waals surface area contributed by atoms with Gasteiger partial charge in [-0.15, -0.1) is 0 Å². The molecule has 0 saturated carbocycles. The maximum atomic E-state index is 4.02. The number of hydrogen-bond donors (Lipinski definition) is 0. The van der Waals surface area contributed by atoms with E-state index in [9.17, 15) is 0 Å². The van der Waals surface area contributed by atoms with Crippen LogP contribution in [0.2, 0.25) is 0 Å². The van der Waals surface area contributed by atoms with Gasteiger partial charge in [-0.1, -0.05) is 13.8 Å². The van der Waals surface area contributed by atoms with Gasteiger partial charge in [-0.05, 0) is 30.3 Å². The molecular weight excluding hydrogens is 192 g/mol. The number of thioether (sulfide) groups is 1. The van der Waals surface area contributed by atoms with Crippen LogP contribution in [-0.2, 0) is 6.54 Å². The molecule has 1 rings (SSSR count). The van der Waals surface area contributed by atoms with Crippen molar-refractivity contribution in [2.24, 2.45) is 5.92 Å². The van der Waals surface area contributed by atoms with Crippen LogP contribution in [0.1, 0.15) is 26.7 Å². The summed E-state index contributed by atoms with van der Waals surface area (Å²) >= 11 is 2.07. The quantitative estimate of drug-likeness (QED) is 0.646. The third kappa shape index (κ3) is 5.32. The normalized spacial score (nSPS) is 11.1. The molecule has 1 aromatic rings. The van der Waals surface area contributed by atoms with E-state index in [0.717, 1.165) is 12.5 Å². The number of rotatable bonds is 7. The van der Waals surface area contributed by atoms with Crippen LogP contribution in [0.25, 0.3) is 0 Å². The van der Waals surface area contributed by atoms with E-state index in [4.69, 9.17) is 0 Å². The van der Waals surface area contributed by atoms with Crippen molar-refractivity contribution < 1.29 is 0 Å². The van der Waals surface area contributed by atoms with Crippen LogP contribution < -0.4 is 0 Å². The number of hydrogen-bond acceptors (Lipinski definition) is 2. The van der Waals surface area contributed by atoms with Gasteiger partial charge >= 0.3 is 0 Å². The lowest BCUT2D eigenvalue weighted by Gasteiger charge is -2.04. The summed E-state index contributed by atoms with van der Waals surface area (Å²) in [4.78, 5) is 4.02. The summed E-state index contributed by atoms with van der Waals surface area (Å²) in [5.41, 5.74) is 0. The second-order valence-corrected chi connectivity index (χ2v) is 5.17. The molecule has 0 fully saturated rings. The highest BCUT2D eigenvalue weighted by Crippen LogP contribution is 2.10. The zero-order chi connectivity index (χ0) is 10.2. The fraction of sp³-hybridized carbons (Fsp3) is 0.727. The Labute approximate surface area is 91.1 Å². The third-order valence-corrected chi connectivity index (χ3v) is 3.21. The monoisotopic (exact) mass is 212 g/mol. The Morgan fingerprint density at radius 3 is 2.86 bits per heavy atom. The Kier molecular flexibility index (Phi) is 5.76. The number of aryl methyl sites for hydroxylation is 1. The molecule has 0 aliphatic heterocycles. The van der Waals surface area contributed by atoms with E-state index in [1.807, 2.05) is 18.7 Å². The van der Waals surface area contributed by atoms with E-state index in [2.05, 4.69) is 35.2 Å². The topological polar surface area (TPSA) is 17.8 Å². The van der Waals surface area contributed by atoms with Crippen molar-refractivity contribution in [3.05, 3.63) is 18.7 Å². The molecule has 1 heterocycles. The molecule has 2 nitrogen and oxygen atoms in total. The van der Waals surface area contributed by atoms with E-state index >= 15 is 0 Å². The van der Waals surface area contributed by atoms with Crippen LogP contribution in [-0.4, -0.2) is 21.1 Å². The van der Waals surface area contributed by atoms with Crippen molar-refractivity contribution in [2.75, 3.05) is 11.5 Å².